The van der Waals surface area contributed by atoms with E-state index in [2.05, 4.69) is 25.1 Å². The minimum absolute atomic E-state index is 0.0118. The third-order valence-electron chi connectivity index (χ3n) is 2.59. The van der Waals surface area contributed by atoms with Crippen molar-refractivity contribution in [2.45, 2.75) is 6.92 Å². The second kappa shape index (κ2) is 5.58. The maximum absolute atomic E-state index is 12.0. The van der Waals surface area contributed by atoms with E-state index in [0.29, 0.717) is 27.0 Å². The van der Waals surface area contributed by atoms with Gasteiger partial charge in [0.1, 0.15) is 4.88 Å². The molecule has 0 radical (unpaired) electrons. The van der Waals surface area contributed by atoms with E-state index in [0.717, 1.165) is 11.5 Å². The van der Waals surface area contributed by atoms with Crippen LogP contribution in [0.4, 0.5) is 6.01 Å². The molecule has 0 bridgehead atoms. The number of aromatic nitrogens is 4. The third-order valence-corrected chi connectivity index (χ3v) is 3.67. The number of anilines is 1. The topological polar surface area (TPSA) is 93.8 Å². The van der Waals surface area contributed by atoms with Gasteiger partial charge in [-0.05, 0) is 42.7 Å². The van der Waals surface area contributed by atoms with Crippen LogP contribution in [0.3, 0.4) is 0 Å². The first-order valence-electron chi connectivity index (χ1n) is 5.83. The Morgan fingerprint density at radius 1 is 1.24 bits per heavy atom. The second-order valence-electron chi connectivity index (χ2n) is 4.06. The van der Waals surface area contributed by atoms with Gasteiger partial charge in [0.15, 0.2) is 0 Å². The van der Waals surface area contributed by atoms with E-state index >= 15 is 0 Å². The number of carbonyl (C=O) groups is 1. The summed E-state index contributed by atoms with van der Waals surface area (Å²) in [5.74, 6) is -0.0880. The average molecular weight is 322 g/mol. The molecule has 0 fully saturated rings. The van der Waals surface area contributed by atoms with Gasteiger partial charge >= 0.3 is 6.01 Å². The predicted octanol–water partition coefficient (Wildman–Crippen LogP) is 2.80. The number of nitrogens with zero attached hydrogens (tertiary/aromatic N) is 4. The molecule has 0 saturated heterocycles. The largest absolute Gasteiger partial charge is 0.403 e. The highest BCUT2D eigenvalue weighted by Gasteiger charge is 2.16. The maximum atomic E-state index is 12.0. The lowest BCUT2D eigenvalue weighted by Gasteiger charge is -1.97. The molecule has 1 amide bonds. The Kier molecular flexibility index (Phi) is 3.63. The summed E-state index contributed by atoms with van der Waals surface area (Å²) < 4.78 is 9.08. The molecule has 0 aliphatic carbocycles. The summed E-state index contributed by atoms with van der Waals surface area (Å²) >= 11 is 6.81. The Morgan fingerprint density at radius 2 is 2.00 bits per heavy atom. The predicted molar refractivity (Wildman–Crippen MR) is 77.3 cm³/mol. The molecule has 21 heavy (non-hydrogen) atoms. The van der Waals surface area contributed by atoms with Gasteiger partial charge in [-0.1, -0.05) is 21.2 Å². The molecule has 1 N–H and O–H groups in total. The molecular weight excluding hydrogens is 314 g/mol. The van der Waals surface area contributed by atoms with Crippen molar-refractivity contribution in [3.05, 3.63) is 39.9 Å². The highest BCUT2D eigenvalue weighted by molar-refractivity contribution is 7.08. The summed E-state index contributed by atoms with van der Waals surface area (Å²) in [5, 5.41) is 14.5. The van der Waals surface area contributed by atoms with Crippen molar-refractivity contribution in [1.29, 1.82) is 0 Å². The molecule has 2 heterocycles. The molecule has 7 nitrogen and oxygen atoms in total. The molecule has 2 aromatic heterocycles. The van der Waals surface area contributed by atoms with Crippen LogP contribution in [0.15, 0.2) is 28.7 Å². The van der Waals surface area contributed by atoms with Gasteiger partial charge in [0, 0.05) is 10.6 Å². The fourth-order valence-corrected chi connectivity index (χ4v) is 2.25. The zero-order valence-electron chi connectivity index (χ0n) is 10.7. The number of nitrogens with one attached hydrogen (secondary N) is 1. The van der Waals surface area contributed by atoms with Crippen LogP contribution in [-0.2, 0) is 0 Å². The smallest absolute Gasteiger partial charge is 0.322 e. The highest BCUT2D eigenvalue weighted by Crippen LogP contribution is 2.22. The minimum Gasteiger partial charge on any atom is -0.403 e. The molecule has 0 atom stereocenters. The van der Waals surface area contributed by atoms with Crippen LogP contribution < -0.4 is 5.32 Å². The number of benzene rings is 1. The summed E-state index contributed by atoms with van der Waals surface area (Å²) in [5.41, 5.74) is 1.26. The van der Waals surface area contributed by atoms with Crippen LogP contribution in [0.1, 0.15) is 15.4 Å². The van der Waals surface area contributed by atoms with E-state index in [9.17, 15) is 4.79 Å². The molecule has 1 aromatic carbocycles. The lowest BCUT2D eigenvalue weighted by atomic mass is 10.2. The third kappa shape index (κ3) is 2.91. The van der Waals surface area contributed by atoms with E-state index in [1.807, 2.05) is 0 Å². The van der Waals surface area contributed by atoms with Crippen molar-refractivity contribution < 1.29 is 9.21 Å². The number of amides is 1. The Balaban J connectivity index is 1.78. The molecule has 9 heteroatoms. The zero-order chi connectivity index (χ0) is 14.8. The first kappa shape index (κ1) is 13.7. The maximum Gasteiger partial charge on any atom is 0.322 e. The zero-order valence-corrected chi connectivity index (χ0v) is 12.3. The molecule has 3 rings (SSSR count). The Morgan fingerprint density at radius 3 is 2.67 bits per heavy atom. The van der Waals surface area contributed by atoms with Crippen molar-refractivity contribution in [1.82, 2.24) is 19.8 Å². The summed E-state index contributed by atoms with van der Waals surface area (Å²) in [4.78, 5) is 12.4. The molecule has 0 aliphatic heterocycles. The van der Waals surface area contributed by atoms with E-state index in [1.165, 1.54) is 0 Å². The fourth-order valence-electron chi connectivity index (χ4n) is 1.58. The van der Waals surface area contributed by atoms with E-state index < -0.39 is 0 Å². The van der Waals surface area contributed by atoms with Crippen molar-refractivity contribution in [2.75, 3.05) is 5.32 Å². The number of hydrogen-bond donors (Lipinski definition) is 1. The van der Waals surface area contributed by atoms with Crippen molar-refractivity contribution in [2.24, 2.45) is 0 Å². The normalized spacial score (nSPS) is 10.6. The number of hydrogen-bond acceptors (Lipinski definition) is 7. The molecule has 106 valence electrons. The van der Waals surface area contributed by atoms with Gasteiger partial charge < -0.3 is 4.42 Å². The van der Waals surface area contributed by atoms with Crippen LogP contribution in [0.5, 0.6) is 0 Å². The first-order valence-corrected chi connectivity index (χ1v) is 6.98. The second-order valence-corrected chi connectivity index (χ2v) is 5.25. The molecule has 0 aliphatic rings. The number of carbonyl (C=O) groups excluding carboxylic acids is 1. The molecule has 0 spiro atoms. The SMILES string of the molecule is Cc1nnsc1C(=O)Nc1nnc(-c2ccc(Cl)cc2)o1. The van der Waals surface area contributed by atoms with Crippen molar-refractivity contribution in [3.8, 4) is 11.5 Å². The summed E-state index contributed by atoms with van der Waals surface area (Å²) in [6, 6.07) is 6.94. The van der Waals surface area contributed by atoms with Gasteiger partial charge in [0.25, 0.3) is 5.91 Å². The number of rotatable bonds is 3. The van der Waals surface area contributed by atoms with Crippen LogP contribution >= 0.6 is 23.1 Å². The number of halogens is 1. The fraction of sp³-hybridized carbons (Fsp3) is 0.0833. The minimum atomic E-state index is -0.381. The summed E-state index contributed by atoms with van der Waals surface area (Å²) in [6.07, 6.45) is 0. The monoisotopic (exact) mass is 321 g/mol. The highest BCUT2D eigenvalue weighted by atomic mass is 35.5. The standard InChI is InChI=1S/C12H8ClN5O2S/c1-6-9(21-18-15-6)10(19)14-12-17-16-11(20-12)7-2-4-8(13)5-3-7/h2-5H,1H3,(H,14,17,19). The van der Waals surface area contributed by atoms with Gasteiger partial charge in [-0.15, -0.1) is 10.2 Å². The van der Waals surface area contributed by atoms with Crippen LogP contribution in [0, 0.1) is 6.92 Å². The van der Waals surface area contributed by atoms with E-state index in [1.54, 1.807) is 31.2 Å². The molecule has 3 aromatic rings. The first-order chi connectivity index (χ1) is 10.1. The number of aryl methyl sites for hydroxylation is 1. The summed E-state index contributed by atoms with van der Waals surface area (Å²) in [6.45, 7) is 1.70. The van der Waals surface area contributed by atoms with Gasteiger partial charge in [0.05, 0.1) is 5.69 Å². The van der Waals surface area contributed by atoms with Gasteiger partial charge in [-0.2, -0.15) is 0 Å². The van der Waals surface area contributed by atoms with E-state index in [4.69, 9.17) is 16.0 Å². The van der Waals surface area contributed by atoms with Gasteiger partial charge in [-0.25, -0.2) is 0 Å². The van der Waals surface area contributed by atoms with Crippen LogP contribution in [0.25, 0.3) is 11.5 Å². The molecular formula is C12H8ClN5O2S. The van der Waals surface area contributed by atoms with Gasteiger partial charge in [0.2, 0.25) is 5.89 Å². The quantitative estimate of drug-likeness (QED) is 0.797. The lowest BCUT2D eigenvalue weighted by Crippen LogP contribution is -2.11. The lowest BCUT2D eigenvalue weighted by molar-refractivity contribution is 0.102. The Hall–Kier alpha value is -2.32. The van der Waals surface area contributed by atoms with Crippen molar-refractivity contribution >= 4 is 35.1 Å². The molecule has 0 unspecified atom stereocenters. The van der Waals surface area contributed by atoms with Crippen molar-refractivity contribution in [3.63, 3.8) is 0 Å². The van der Waals surface area contributed by atoms with Crippen LogP contribution in [0.2, 0.25) is 5.02 Å². The average Bonchev–Trinajstić information content (AvgIpc) is 3.09. The van der Waals surface area contributed by atoms with Crippen LogP contribution in [-0.4, -0.2) is 25.7 Å². The van der Waals surface area contributed by atoms with Gasteiger partial charge in [-0.3, -0.25) is 10.1 Å². The Labute approximate surface area is 128 Å². The Bertz CT molecular complexity index is 783. The molecule has 0 saturated carbocycles. The summed E-state index contributed by atoms with van der Waals surface area (Å²) in [7, 11) is 0. The van der Waals surface area contributed by atoms with E-state index in [-0.39, 0.29) is 11.9 Å².